The maximum Gasteiger partial charge on any atom is 0.393 e. The van der Waals surface area contributed by atoms with Crippen LogP contribution < -0.4 is 0 Å². The van der Waals surface area contributed by atoms with Gasteiger partial charge in [0.15, 0.2) is 0 Å². The second-order valence-corrected chi connectivity index (χ2v) is 2.67. The number of rotatable bonds is 4. The van der Waals surface area contributed by atoms with E-state index < -0.39 is 30.2 Å². The fraction of sp³-hybridized carbons (Fsp3) is 0.625. The molecule has 15 heavy (non-hydrogen) atoms. The quantitative estimate of drug-likeness (QED) is 0.423. The molecule has 0 aromatic carbocycles. The summed E-state index contributed by atoms with van der Waals surface area (Å²) in [5, 5.41) is 0. The number of hydrogen-bond donors (Lipinski definition) is 0. The summed E-state index contributed by atoms with van der Waals surface area (Å²) >= 11 is 0. The average molecular weight is 232 g/mol. The molecule has 0 spiro atoms. The second-order valence-electron chi connectivity index (χ2n) is 2.67. The normalized spacial score (nSPS) is 11.1. The van der Waals surface area contributed by atoms with Crippen LogP contribution in [0.3, 0.4) is 0 Å². The van der Waals surface area contributed by atoms with Crippen LogP contribution in [0.15, 0.2) is 11.7 Å². The molecule has 0 fully saturated rings. The Labute approximate surface area is 82.7 Å². The Balaban J connectivity index is 4.57. The highest BCUT2D eigenvalue weighted by molar-refractivity contribution is 5.88. The zero-order valence-corrected chi connectivity index (χ0v) is 7.83. The molecular formula is C8H9F5O2. The van der Waals surface area contributed by atoms with Crippen molar-refractivity contribution in [2.45, 2.75) is 25.9 Å². The summed E-state index contributed by atoms with van der Waals surface area (Å²) in [6.07, 6.45) is -9.14. The van der Waals surface area contributed by atoms with Gasteiger partial charge in [-0.05, 0) is 6.42 Å². The highest BCUT2D eigenvalue weighted by Gasteiger charge is 2.34. The van der Waals surface area contributed by atoms with Crippen molar-refractivity contribution in [3.05, 3.63) is 11.7 Å². The van der Waals surface area contributed by atoms with E-state index in [4.69, 9.17) is 0 Å². The van der Waals surface area contributed by atoms with E-state index in [2.05, 4.69) is 4.74 Å². The minimum atomic E-state index is -4.86. The summed E-state index contributed by atoms with van der Waals surface area (Å²) in [6, 6.07) is 0. The van der Waals surface area contributed by atoms with E-state index in [-0.39, 0.29) is 6.61 Å². The van der Waals surface area contributed by atoms with Gasteiger partial charge in [0.05, 0.1) is 13.0 Å². The van der Waals surface area contributed by atoms with Gasteiger partial charge >= 0.3 is 12.1 Å². The fourth-order valence-corrected chi connectivity index (χ4v) is 0.698. The first-order valence-electron chi connectivity index (χ1n) is 4.06. The van der Waals surface area contributed by atoms with Crippen molar-refractivity contribution < 1.29 is 31.5 Å². The first-order chi connectivity index (χ1) is 6.78. The molecule has 0 aliphatic carbocycles. The highest BCUT2D eigenvalue weighted by atomic mass is 19.4. The van der Waals surface area contributed by atoms with E-state index in [0.29, 0.717) is 6.42 Å². The maximum atomic E-state index is 12.0. The Bertz CT molecular complexity index is 252. The topological polar surface area (TPSA) is 26.3 Å². The van der Waals surface area contributed by atoms with E-state index in [0.717, 1.165) is 0 Å². The Kier molecular flexibility index (Phi) is 5.24. The summed E-state index contributed by atoms with van der Waals surface area (Å²) in [5.41, 5.74) is -1.63. The van der Waals surface area contributed by atoms with Crippen LogP contribution in [0.1, 0.15) is 19.8 Å². The van der Waals surface area contributed by atoms with Crippen LogP contribution in [0.2, 0.25) is 0 Å². The molecule has 0 aromatic rings. The van der Waals surface area contributed by atoms with Crippen molar-refractivity contribution in [3.8, 4) is 0 Å². The lowest BCUT2D eigenvalue weighted by atomic mass is 10.2. The third kappa shape index (κ3) is 6.03. The van der Waals surface area contributed by atoms with Crippen LogP contribution >= 0.6 is 0 Å². The van der Waals surface area contributed by atoms with Crippen LogP contribution in [0, 0.1) is 0 Å². The number of esters is 1. The van der Waals surface area contributed by atoms with Crippen LogP contribution in [0.5, 0.6) is 0 Å². The lowest BCUT2D eigenvalue weighted by Gasteiger charge is -2.08. The van der Waals surface area contributed by atoms with E-state index in [9.17, 15) is 26.7 Å². The molecule has 2 nitrogen and oxygen atoms in total. The SMILES string of the molecule is CCCOC(=O)C(CC(F)(F)F)=C(F)F. The van der Waals surface area contributed by atoms with Gasteiger partial charge in [0, 0.05) is 0 Å². The van der Waals surface area contributed by atoms with Gasteiger partial charge in [-0.15, -0.1) is 0 Å². The molecule has 0 aromatic heterocycles. The zero-order chi connectivity index (χ0) is 12.1. The number of alkyl halides is 3. The van der Waals surface area contributed by atoms with Crippen LogP contribution in [0.4, 0.5) is 22.0 Å². The summed E-state index contributed by atoms with van der Waals surface area (Å²) in [5.74, 6) is -1.62. The minimum Gasteiger partial charge on any atom is -0.462 e. The van der Waals surface area contributed by atoms with Crippen molar-refractivity contribution in [3.63, 3.8) is 0 Å². The predicted octanol–water partition coefficient (Wildman–Crippen LogP) is 3.04. The van der Waals surface area contributed by atoms with Crippen molar-refractivity contribution in [1.29, 1.82) is 0 Å². The van der Waals surface area contributed by atoms with Gasteiger partial charge in [0.1, 0.15) is 5.57 Å². The van der Waals surface area contributed by atoms with Crippen LogP contribution in [-0.4, -0.2) is 18.8 Å². The lowest BCUT2D eigenvalue weighted by Crippen LogP contribution is -2.17. The molecule has 0 aliphatic rings. The summed E-state index contributed by atoms with van der Waals surface area (Å²) in [7, 11) is 0. The molecule has 0 N–H and O–H groups in total. The predicted molar refractivity (Wildman–Crippen MR) is 41.2 cm³/mol. The number of hydrogen-bond acceptors (Lipinski definition) is 2. The van der Waals surface area contributed by atoms with E-state index in [1.54, 1.807) is 6.92 Å². The summed E-state index contributed by atoms with van der Waals surface area (Å²) < 4.78 is 63.5. The largest absolute Gasteiger partial charge is 0.462 e. The van der Waals surface area contributed by atoms with Crippen LogP contribution in [-0.2, 0) is 9.53 Å². The minimum absolute atomic E-state index is 0.187. The van der Waals surface area contributed by atoms with Gasteiger partial charge in [-0.3, -0.25) is 0 Å². The van der Waals surface area contributed by atoms with Crippen molar-refractivity contribution in [1.82, 2.24) is 0 Å². The first-order valence-corrected chi connectivity index (χ1v) is 4.06. The van der Waals surface area contributed by atoms with Crippen LogP contribution in [0.25, 0.3) is 0 Å². The molecule has 0 amide bonds. The van der Waals surface area contributed by atoms with Gasteiger partial charge in [-0.25, -0.2) is 4.79 Å². The molecule has 7 heteroatoms. The van der Waals surface area contributed by atoms with Gasteiger partial charge < -0.3 is 4.74 Å². The molecule has 0 unspecified atom stereocenters. The second kappa shape index (κ2) is 5.67. The molecule has 88 valence electrons. The first kappa shape index (κ1) is 13.9. The molecule has 0 bridgehead atoms. The third-order valence-corrected chi connectivity index (χ3v) is 1.29. The average Bonchev–Trinajstić information content (AvgIpc) is 2.08. The van der Waals surface area contributed by atoms with Gasteiger partial charge in [-0.1, -0.05) is 6.92 Å². The highest BCUT2D eigenvalue weighted by Crippen LogP contribution is 2.27. The molecule has 0 aliphatic heterocycles. The summed E-state index contributed by atoms with van der Waals surface area (Å²) in [4.78, 5) is 10.8. The molecule has 0 heterocycles. The van der Waals surface area contributed by atoms with E-state index >= 15 is 0 Å². The van der Waals surface area contributed by atoms with Gasteiger partial charge in [0.25, 0.3) is 6.08 Å². The smallest absolute Gasteiger partial charge is 0.393 e. The molecule has 0 saturated carbocycles. The monoisotopic (exact) mass is 232 g/mol. The Hall–Kier alpha value is -1.14. The van der Waals surface area contributed by atoms with Crippen molar-refractivity contribution in [2.24, 2.45) is 0 Å². The third-order valence-electron chi connectivity index (χ3n) is 1.29. The van der Waals surface area contributed by atoms with E-state index in [1.165, 1.54) is 0 Å². The molecule has 0 atom stereocenters. The van der Waals surface area contributed by atoms with Gasteiger partial charge in [0.2, 0.25) is 0 Å². The molecule has 0 saturated heterocycles. The Morgan fingerprint density at radius 3 is 2.13 bits per heavy atom. The van der Waals surface area contributed by atoms with Crippen molar-refractivity contribution in [2.75, 3.05) is 6.61 Å². The Morgan fingerprint density at radius 2 is 1.80 bits per heavy atom. The Morgan fingerprint density at radius 1 is 1.27 bits per heavy atom. The van der Waals surface area contributed by atoms with E-state index in [1.807, 2.05) is 0 Å². The molecule has 0 rings (SSSR count). The molecule has 0 radical (unpaired) electrons. The number of ether oxygens (including phenoxy) is 1. The lowest BCUT2D eigenvalue weighted by molar-refractivity contribution is -0.148. The maximum absolute atomic E-state index is 12.0. The molecular weight excluding hydrogens is 223 g/mol. The number of carbonyl (C=O) groups excluding carboxylic acids is 1. The summed E-state index contributed by atoms with van der Waals surface area (Å²) in [6.45, 7) is 1.40. The number of halogens is 5. The zero-order valence-electron chi connectivity index (χ0n) is 7.83. The van der Waals surface area contributed by atoms with Gasteiger partial charge in [-0.2, -0.15) is 22.0 Å². The fourth-order valence-electron chi connectivity index (χ4n) is 0.698. The standard InChI is InChI=1S/C8H9F5O2/c1-2-3-15-7(14)5(6(9)10)4-8(11,12)13/h2-4H2,1H3. The number of carbonyl (C=O) groups is 1. The van der Waals surface area contributed by atoms with Crippen molar-refractivity contribution >= 4 is 5.97 Å².